The maximum atomic E-state index is 12.2. The van der Waals surface area contributed by atoms with Crippen molar-refractivity contribution in [3.63, 3.8) is 0 Å². The zero-order valence-electron chi connectivity index (χ0n) is 14.1. The minimum Gasteiger partial charge on any atom is -0.492 e. The average Bonchev–Trinajstić information content (AvgIpc) is 3.40. The predicted molar refractivity (Wildman–Crippen MR) is 95.3 cm³/mol. The smallest absolute Gasteiger partial charge is 0.225 e. The topological polar surface area (TPSA) is 58.6 Å². The summed E-state index contributed by atoms with van der Waals surface area (Å²) in [6.45, 7) is 1.43. The van der Waals surface area contributed by atoms with Gasteiger partial charge in [0.05, 0.1) is 12.5 Å². The number of rotatable bonds is 6. The number of likely N-dealkylation sites (tertiary alicyclic amines) is 1. The van der Waals surface area contributed by atoms with E-state index in [-0.39, 0.29) is 17.7 Å². The molecule has 1 saturated carbocycles. The molecule has 0 spiro atoms. The highest BCUT2D eigenvalue weighted by molar-refractivity contribution is 5.89. The normalized spacial score (nSPS) is 20.1. The predicted octanol–water partition coefficient (Wildman–Crippen LogP) is 2.35. The number of ether oxygens (including phenoxy) is 1. The number of carbonyl (C=O) groups is 2. The van der Waals surface area contributed by atoms with Crippen molar-refractivity contribution < 1.29 is 14.3 Å². The van der Waals surface area contributed by atoms with E-state index in [2.05, 4.69) is 11.4 Å². The Balaban J connectivity index is 1.23. The Bertz CT molecular complexity index is 800. The van der Waals surface area contributed by atoms with Crippen LogP contribution in [-0.4, -0.2) is 42.5 Å². The molecule has 1 N–H and O–H groups in total. The summed E-state index contributed by atoms with van der Waals surface area (Å²) < 4.78 is 5.73. The second kappa shape index (κ2) is 6.75. The Labute approximate surface area is 146 Å². The molecule has 5 nitrogen and oxygen atoms in total. The van der Waals surface area contributed by atoms with Crippen LogP contribution in [0.4, 0.5) is 0 Å². The molecule has 2 fully saturated rings. The molecule has 1 atom stereocenters. The first-order valence-electron chi connectivity index (χ1n) is 8.89. The van der Waals surface area contributed by atoms with Gasteiger partial charge in [0.1, 0.15) is 12.4 Å². The van der Waals surface area contributed by atoms with Gasteiger partial charge >= 0.3 is 0 Å². The molecule has 2 aromatic carbocycles. The van der Waals surface area contributed by atoms with Gasteiger partial charge in [0.15, 0.2) is 0 Å². The molecule has 2 aromatic rings. The van der Waals surface area contributed by atoms with Crippen molar-refractivity contribution in [2.24, 2.45) is 5.92 Å². The highest BCUT2D eigenvalue weighted by Crippen LogP contribution is 2.32. The highest BCUT2D eigenvalue weighted by Gasteiger charge is 2.41. The Morgan fingerprint density at radius 1 is 1.16 bits per heavy atom. The first kappa shape index (κ1) is 15.9. The summed E-state index contributed by atoms with van der Waals surface area (Å²) in [6, 6.07) is 14.5. The largest absolute Gasteiger partial charge is 0.492 e. The van der Waals surface area contributed by atoms with Gasteiger partial charge in [-0.05, 0) is 35.7 Å². The lowest BCUT2D eigenvalue weighted by molar-refractivity contribution is -0.129. The number of nitrogens with zero attached hydrogens (tertiary/aromatic N) is 1. The van der Waals surface area contributed by atoms with E-state index < -0.39 is 0 Å². The Kier molecular flexibility index (Phi) is 4.30. The fraction of sp³-hybridized carbons (Fsp3) is 0.400. The number of benzene rings is 2. The number of hydrogen-bond acceptors (Lipinski definition) is 3. The van der Waals surface area contributed by atoms with Gasteiger partial charge in [-0.15, -0.1) is 0 Å². The minimum absolute atomic E-state index is 0.0430. The SMILES string of the molecule is O=C(NCCOc1ccc2ccccc2c1)[C@H]1CC(=O)N(C2CC2)C1. The van der Waals surface area contributed by atoms with Crippen molar-refractivity contribution in [2.75, 3.05) is 19.7 Å². The standard InChI is InChI=1S/C20H22N2O3/c23-19-12-16(13-22(19)17-6-7-17)20(24)21-9-10-25-18-8-5-14-3-1-2-4-15(14)11-18/h1-5,8,11,16-17H,6-7,9-10,12-13H2,(H,21,24)/t16-/m0/s1. The lowest BCUT2D eigenvalue weighted by atomic mass is 10.1. The Morgan fingerprint density at radius 2 is 1.96 bits per heavy atom. The molecule has 1 aliphatic heterocycles. The molecule has 25 heavy (non-hydrogen) atoms. The second-order valence-corrected chi connectivity index (χ2v) is 6.83. The van der Waals surface area contributed by atoms with Crippen molar-refractivity contribution in [2.45, 2.75) is 25.3 Å². The van der Waals surface area contributed by atoms with Gasteiger partial charge in [-0.2, -0.15) is 0 Å². The third-order valence-electron chi connectivity index (χ3n) is 4.91. The number of amides is 2. The van der Waals surface area contributed by atoms with Crippen LogP contribution in [0, 0.1) is 5.92 Å². The molecular weight excluding hydrogens is 316 g/mol. The first-order chi connectivity index (χ1) is 12.2. The van der Waals surface area contributed by atoms with Crippen LogP contribution in [0.1, 0.15) is 19.3 Å². The quantitative estimate of drug-likeness (QED) is 0.823. The van der Waals surface area contributed by atoms with E-state index in [9.17, 15) is 9.59 Å². The fourth-order valence-electron chi connectivity index (χ4n) is 3.39. The van der Waals surface area contributed by atoms with E-state index in [1.54, 1.807) is 0 Å². The summed E-state index contributed by atoms with van der Waals surface area (Å²) in [7, 11) is 0. The maximum Gasteiger partial charge on any atom is 0.225 e. The van der Waals surface area contributed by atoms with E-state index in [1.807, 2.05) is 41.3 Å². The van der Waals surface area contributed by atoms with Crippen molar-refractivity contribution in [1.82, 2.24) is 10.2 Å². The van der Waals surface area contributed by atoms with Crippen LogP contribution in [-0.2, 0) is 9.59 Å². The van der Waals surface area contributed by atoms with Gasteiger partial charge in [0.25, 0.3) is 0 Å². The van der Waals surface area contributed by atoms with Gasteiger partial charge in [0, 0.05) is 19.0 Å². The maximum absolute atomic E-state index is 12.2. The summed E-state index contributed by atoms with van der Waals surface area (Å²) in [5, 5.41) is 5.20. The zero-order chi connectivity index (χ0) is 17.2. The van der Waals surface area contributed by atoms with Crippen LogP contribution in [0.25, 0.3) is 10.8 Å². The highest BCUT2D eigenvalue weighted by atomic mass is 16.5. The molecule has 0 aromatic heterocycles. The first-order valence-corrected chi connectivity index (χ1v) is 8.89. The molecule has 130 valence electrons. The third kappa shape index (κ3) is 3.60. The summed E-state index contributed by atoms with van der Waals surface area (Å²) >= 11 is 0. The molecule has 0 radical (unpaired) electrons. The third-order valence-corrected chi connectivity index (χ3v) is 4.91. The molecule has 5 heteroatoms. The van der Waals surface area contributed by atoms with Crippen LogP contribution in [0.3, 0.4) is 0 Å². The van der Waals surface area contributed by atoms with E-state index in [4.69, 9.17) is 4.74 Å². The molecule has 1 heterocycles. The van der Waals surface area contributed by atoms with Crippen molar-refractivity contribution in [1.29, 1.82) is 0 Å². The molecule has 1 aliphatic carbocycles. The van der Waals surface area contributed by atoms with Crippen molar-refractivity contribution in [3.8, 4) is 5.75 Å². The minimum atomic E-state index is -0.214. The van der Waals surface area contributed by atoms with E-state index >= 15 is 0 Å². The number of nitrogens with one attached hydrogen (secondary N) is 1. The molecule has 1 saturated heterocycles. The number of carbonyl (C=O) groups excluding carboxylic acids is 2. The average molecular weight is 338 g/mol. The van der Waals surface area contributed by atoms with Crippen LogP contribution < -0.4 is 10.1 Å². The van der Waals surface area contributed by atoms with E-state index in [0.717, 1.165) is 24.0 Å². The molecule has 0 unspecified atom stereocenters. The zero-order valence-corrected chi connectivity index (χ0v) is 14.1. The molecular formula is C20H22N2O3. The molecule has 2 amide bonds. The van der Waals surface area contributed by atoms with Crippen LogP contribution >= 0.6 is 0 Å². The lowest BCUT2D eigenvalue weighted by Crippen LogP contribution is -2.35. The van der Waals surface area contributed by atoms with Crippen molar-refractivity contribution >= 4 is 22.6 Å². The Morgan fingerprint density at radius 3 is 2.76 bits per heavy atom. The van der Waals surface area contributed by atoms with Gasteiger partial charge in [-0.25, -0.2) is 0 Å². The Hall–Kier alpha value is -2.56. The molecule has 0 bridgehead atoms. The summed E-state index contributed by atoms with van der Waals surface area (Å²) in [4.78, 5) is 26.0. The summed E-state index contributed by atoms with van der Waals surface area (Å²) in [6.07, 6.45) is 2.51. The van der Waals surface area contributed by atoms with Crippen LogP contribution in [0.15, 0.2) is 42.5 Å². The van der Waals surface area contributed by atoms with E-state index in [0.29, 0.717) is 32.2 Å². The van der Waals surface area contributed by atoms with Crippen LogP contribution in [0.5, 0.6) is 5.75 Å². The van der Waals surface area contributed by atoms with Gasteiger partial charge < -0.3 is 15.0 Å². The summed E-state index contributed by atoms with van der Waals surface area (Å²) in [5.74, 6) is 0.659. The van der Waals surface area contributed by atoms with Gasteiger partial charge in [0.2, 0.25) is 11.8 Å². The fourth-order valence-corrected chi connectivity index (χ4v) is 3.39. The second-order valence-electron chi connectivity index (χ2n) is 6.83. The van der Waals surface area contributed by atoms with Gasteiger partial charge in [-0.3, -0.25) is 9.59 Å². The van der Waals surface area contributed by atoms with Crippen molar-refractivity contribution in [3.05, 3.63) is 42.5 Å². The molecule has 2 aliphatic rings. The van der Waals surface area contributed by atoms with Gasteiger partial charge in [-0.1, -0.05) is 30.3 Å². The number of hydrogen-bond donors (Lipinski definition) is 1. The lowest BCUT2D eigenvalue weighted by Gasteiger charge is -2.15. The molecule has 4 rings (SSSR count). The monoisotopic (exact) mass is 338 g/mol. The van der Waals surface area contributed by atoms with Crippen LogP contribution in [0.2, 0.25) is 0 Å². The summed E-state index contributed by atoms with van der Waals surface area (Å²) in [5.41, 5.74) is 0. The number of fused-ring (bicyclic) bond motifs is 1. The van der Waals surface area contributed by atoms with E-state index in [1.165, 1.54) is 5.39 Å².